The van der Waals surface area contributed by atoms with Crippen molar-refractivity contribution in [1.82, 2.24) is 10.3 Å². The van der Waals surface area contributed by atoms with E-state index in [1.165, 1.54) is 13.3 Å². The molecule has 1 fully saturated rings. The Morgan fingerprint density at radius 1 is 1.28 bits per heavy atom. The van der Waals surface area contributed by atoms with E-state index >= 15 is 0 Å². The van der Waals surface area contributed by atoms with E-state index in [1.807, 2.05) is 6.07 Å². The van der Waals surface area contributed by atoms with Gasteiger partial charge >= 0.3 is 0 Å². The van der Waals surface area contributed by atoms with E-state index in [2.05, 4.69) is 27.5 Å². The second-order valence-electron chi connectivity index (χ2n) is 6.30. The predicted octanol–water partition coefficient (Wildman–Crippen LogP) is 2.25. The molecule has 1 aromatic rings. The molecule has 25 heavy (non-hydrogen) atoms. The number of rotatable bonds is 5. The molecule has 0 aromatic carbocycles. The van der Waals surface area contributed by atoms with Crippen molar-refractivity contribution in [3.05, 3.63) is 23.9 Å². The van der Waals surface area contributed by atoms with E-state index in [9.17, 15) is 9.59 Å². The van der Waals surface area contributed by atoms with Crippen LogP contribution in [0.2, 0.25) is 0 Å². The molecule has 1 heterocycles. The molecule has 1 aliphatic carbocycles. The minimum atomic E-state index is -0.473. The molecule has 2 amide bonds. The number of carbonyl (C=O) groups excluding carboxylic acids is 2. The van der Waals surface area contributed by atoms with Crippen molar-refractivity contribution in [2.24, 2.45) is 0 Å². The number of pyridine rings is 1. The van der Waals surface area contributed by atoms with Crippen molar-refractivity contribution in [2.45, 2.75) is 51.0 Å². The Kier molecular flexibility index (Phi) is 6.96. The molecule has 1 aliphatic rings. The highest BCUT2D eigenvalue weighted by molar-refractivity contribution is 5.87. The Bertz CT molecular complexity index is 653. The molecule has 6 nitrogen and oxygen atoms in total. The zero-order valence-electron chi connectivity index (χ0n) is 14.9. The maximum Gasteiger partial charge on any atom is 0.223 e. The molecule has 0 spiro atoms. The minimum Gasteiger partial charge on any atom is -0.384 e. The summed E-state index contributed by atoms with van der Waals surface area (Å²) >= 11 is 0. The van der Waals surface area contributed by atoms with Gasteiger partial charge in [-0.25, -0.2) is 4.98 Å². The van der Waals surface area contributed by atoms with Gasteiger partial charge in [0.2, 0.25) is 11.8 Å². The van der Waals surface area contributed by atoms with E-state index in [4.69, 9.17) is 4.74 Å². The highest BCUT2D eigenvalue weighted by Gasteiger charge is 2.31. The zero-order chi connectivity index (χ0) is 18.1. The highest BCUT2D eigenvalue weighted by Crippen LogP contribution is 2.28. The summed E-state index contributed by atoms with van der Waals surface area (Å²) in [6.07, 6.45) is 6.96. The van der Waals surface area contributed by atoms with Crippen LogP contribution in [-0.2, 0) is 14.3 Å². The lowest BCUT2D eigenvalue weighted by Crippen LogP contribution is -2.49. The zero-order valence-corrected chi connectivity index (χ0v) is 14.9. The summed E-state index contributed by atoms with van der Waals surface area (Å²) in [4.78, 5) is 27.3. The lowest BCUT2D eigenvalue weighted by Gasteiger charge is -2.33. The molecule has 0 radical (unpaired) electrons. The second-order valence-corrected chi connectivity index (χ2v) is 6.30. The lowest BCUT2D eigenvalue weighted by atomic mass is 9.82. The van der Waals surface area contributed by atoms with Crippen molar-refractivity contribution >= 4 is 17.6 Å². The van der Waals surface area contributed by atoms with Crippen molar-refractivity contribution < 1.29 is 14.3 Å². The van der Waals surface area contributed by atoms with E-state index in [0.717, 1.165) is 31.2 Å². The van der Waals surface area contributed by atoms with E-state index in [-0.39, 0.29) is 11.8 Å². The second kappa shape index (κ2) is 9.19. The number of nitrogens with zero attached hydrogens (tertiary/aromatic N) is 1. The van der Waals surface area contributed by atoms with Crippen LogP contribution in [-0.4, -0.2) is 36.1 Å². The van der Waals surface area contributed by atoms with Crippen molar-refractivity contribution in [3.63, 3.8) is 0 Å². The monoisotopic (exact) mass is 343 g/mol. The van der Waals surface area contributed by atoms with Gasteiger partial charge in [-0.15, -0.1) is 0 Å². The Labute approximate surface area is 148 Å². The van der Waals surface area contributed by atoms with Crippen LogP contribution in [0.1, 0.15) is 51.0 Å². The molecule has 0 unspecified atom stereocenters. The van der Waals surface area contributed by atoms with Crippen LogP contribution in [0.5, 0.6) is 0 Å². The van der Waals surface area contributed by atoms with Gasteiger partial charge in [-0.1, -0.05) is 31.1 Å². The standard InChI is InChI=1S/C19H25N3O3/c1-15(23)21-17-7-6-16(14-20-17)8-12-19(10-4-3-5-11-19)22-18(24)9-13-25-2/h6-7,14H,3-5,9-11,13H2,1-2H3,(H,22,24)(H,20,21,23). The maximum atomic E-state index is 12.1. The quantitative estimate of drug-likeness (QED) is 0.804. The molecule has 6 heteroatoms. The fourth-order valence-electron chi connectivity index (χ4n) is 2.87. The minimum absolute atomic E-state index is 0.0304. The Morgan fingerprint density at radius 3 is 2.64 bits per heavy atom. The predicted molar refractivity (Wildman–Crippen MR) is 95.9 cm³/mol. The van der Waals surface area contributed by atoms with E-state index in [1.54, 1.807) is 19.4 Å². The number of hydrogen-bond donors (Lipinski definition) is 2. The topological polar surface area (TPSA) is 80.3 Å². The molecule has 0 bridgehead atoms. The molecule has 134 valence electrons. The third kappa shape index (κ3) is 6.20. The van der Waals surface area contributed by atoms with Crippen LogP contribution in [0.3, 0.4) is 0 Å². The first-order chi connectivity index (χ1) is 12.0. The van der Waals surface area contributed by atoms with Gasteiger partial charge < -0.3 is 15.4 Å². The van der Waals surface area contributed by atoms with Crippen molar-refractivity contribution in [2.75, 3.05) is 19.0 Å². The van der Waals surface area contributed by atoms with Crippen LogP contribution in [0, 0.1) is 11.8 Å². The average Bonchev–Trinajstić information content (AvgIpc) is 2.60. The van der Waals surface area contributed by atoms with Gasteiger partial charge in [-0.3, -0.25) is 9.59 Å². The van der Waals surface area contributed by atoms with Gasteiger partial charge in [-0.2, -0.15) is 0 Å². The number of ether oxygens (including phenoxy) is 1. The maximum absolute atomic E-state index is 12.1. The first kappa shape index (κ1) is 18.9. The van der Waals surface area contributed by atoms with Crippen LogP contribution in [0.4, 0.5) is 5.82 Å². The summed E-state index contributed by atoms with van der Waals surface area (Å²) in [6, 6.07) is 3.53. The highest BCUT2D eigenvalue weighted by atomic mass is 16.5. The van der Waals surface area contributed by atoms with Gasteiger partial charge in [0, 0.05) is 32.2 Å². The molecular weight excluding hydrogens is 318 g/mol. The van der Waals surface area contributed by atoms with E-state index in [0.29, 0.717) is 18.8 Å². The number of amides is 2. The van der Waals surface area contributed by atoms with Gasteiger partial charge in [-0.05, 0) is 25.0 Å². The largest absolute Gasteiger partial charge is 0.384 e. The fraction of sp³-hybridized carbons (Fsp3) is 0.526. The summed E-state index contributed by atoms with van der Waals surface area (Å²) in [5.41, 5.74) is 0.282. The number of aromatic nitrogens is 1. The summed E-state index contributed by atoms with van der Waals surface area (Å²) in [5.74, 6) is 6.70. The summed E-state index contributed by atoms with van der Waals surface area (Å²) in [7, 11) is 1.58. The number of methoxy groups -OCH3 is 1. The third-order valence-corrected chi connectivity index (χ3v) is 4.13. The van der Waals surface area contributed by atoms with Gasteiger partial charge in [0.15, 0.2) is 0 Å². The SMILES string of the molecule is COCCC(=O)NC1(C#Cc2ccc(NC(C)=O)nc2)CCCCC1. The van der Waals surface area contributed by atoms with Gasteiger partial charge in [0.25, 0.3) is 0 Å². The summed E-state index contributed by atoms with van der Waals surface area (Å²) < 4.78 is 4.97. The van der Waals surface area contributed by atoms with Crippen LogP contribution in [0.25, 0.3) is 0 Å². The molecule has 2 rings (SSSR count). The average molecular weight is 343 g/mol. The number of carbonyl (C=O) groups is 2. The number of nitrogens with one attached hydrogen (secondary N) is 2. The molecular formula is C19H25N3O3. The Morgan fingerprint density at radius 2 is 2.04 bits per heavy atom. The third-order valence-electron chi connectivity index (χ3n) is 4.13. The molecule has 1 aromatic heterocycles. The lowest BCUT2D eigenvalue weighted by molar-refractivity contribution is -0.123. The van der Waals surface area contributed by atoms with Gasteiger partial charge in [0.05, 0.1) is 6.61 Å². The number of hydrogen-bond acceptors (Lipinski definition) is 4. The smallest absolute Gasteiger partial charge is 0.223 e. The van der Waals surface area contributed by atoms with Crippen molar-refractivity contribution in [1.29, 1.82) is 0 Å². The molecule has 1 saturated carbocycles. The molecule has 2 N–H and O–H groups in total. The summed E-state index contributed by atoms with van der Waals surface area (Å²) in [5, 5.41) is 5.73. The Balaban J connectivity index is 2.10. The van der Waals surface area contributed by atoms with Crippen LogP contribution >= 0.6 is 0 Å². The normalized spacial score (nSPS) is 15.6. The first-order valence-electron chi connectivity index (χ1n) is 8.60. The van der Waals surface area contributed by atoms with Crippen molar-refractivity contribution in [3.8, 4) is 11.8 Å². The van der Waals surface area contributed by atoms with E-state index < -0.39 is 5.54 Å². The summed E-state index contributed by atoms with van der Waals surface area (Å²) in [6.45, 7) is 1.85. The van der Waals surface area contributed by atoms with Gasteiger partial charge in [0.1, 0.15) is 11.4 Å². The fourth-order valence-corrected chi connectivity index (χ4v) is 2.87. The molecule has 0 atom stereocenters. The van der Waals surface area contributed by atoms with Crippen LogP contribution in [0.15, 0.2) is 18.3 Å². The molecule has 0 aliphatic heterocycles. The Hall–Kier alpha value is -2.39. The molecule has 0 saturated heterocycles. The number of anilines is 1. The van der Waals surface area contributed by atoms with Crippen LogP contribution < -0.4 is 10.6 Å². The first-order valence-corrected chi connectivity index (χ1v) is 8.60.